The molecule has 0 aromatic carbocycles. The summed E-state index contributed by atoms with van der Waals surface area (Å²) in [4.78, 5) is 38.0. The van der Waals surface area contributed by atoms with E-state index in [1.165, 1.54) is 57.8 Å². The summed E-state index contributed by atoms with van der Waals surface area (Å²) in [7, 11) is 0. The van der Waals surface area contributed by atoms with Crippen molar-refractivity contribution < 1.29 is 28.6 Å². The van der Waals surface area contributed by atoms with E-state index >= 15 is 0 Å². The number of hydrogen-bond acceptors (Lipinski definition) is 6. The van der Waals surface area contributed by atoms with Crippen LogP contribution in [0.25, 0.3) is 0 Å². The Hall–Kier alpha value is -4.19. The van der Waals surface area contributed by atoms with Crippen molar-refractivity contribution in [2.24, 2.45) is 0 Å². The Bertz CT molecular complexity index is 1400. The molecule has 0 radical (unpaired) electrons. The monoisotopic (exact) mass is 899 g/mol. The number of carbonyl (C=O) groups is 3. The molecule has 0 fully saturated rings. The van der Waals surface area contributed by atoms with Crippen LogP contribution in [0.4, 0.5) is 0 Å². The van der Waals surface area contributed by atoms with Crippen LogP contribution in [0.15, 0.2) is 122 Å². The van der Waals surface area contributed by atoms with E-state index in [4.69, 9.17) is 14.2 Å². The second kappa shape index (κ2) is 52.4. The third-order valence-electron chi connectivity index (χ3n) is 10.5. The van der Waals surface area contributed by atoms with Crippen molar-refractivity contribution in [3.05, 3.63) is 122 Å². The summed E-state index contributed by atoms with van der Waals surface area (Å²) in [5.41, 5.74) is 0. The summed E-state index contributed by atoms with van der Waals surface area (Å²) < 4.78 is 16.7. The fraction of sp³-hybridized carbons (Fsp3) is 0.610. The molecule has 0 aliphatic rings. The third-order valence-corrected chi connectivity index (χ3v) is 10.5. The van der Waals surface area contributed by atoms with Gasteiger partial charge >= 0.3 is 17.9 Å². The van der Waals surface area contributed by atoms with E-state index in [0.717, 1.165) is 103 Å². The molecule has 6 nitrogen and oxygen atoms in total. The molecule has 0 aliphatic heterocycles. The average molecular weight is 899 g/mol. The first-order valence-electron chi connectivity index (χ1n) is 26.1. The van der Waals surface area contributed by atoms with Gasteiger partial charge in [-0.25, -0.2) is 0 Å². The molecule has 0 aromatic heterocycles. The SMILES string of the molecule is CC/C=C/C/C=C/C/C=C/C/C=C/CCCCCC(=O)OC(COC(=O)CC/C=C/C/C=C/CCCCCCCC)COC(=O)CCCCCCC/C=C/C=C/C=C/C=C/CCCCC. The van der Waals surface area contributed by atoms with Gasteiger partial charge in [0.1, 0.15) is 13.2 Å². The molecule has 0 aromatic rings. The predicted octanol–water partition coefficient (Wildman–Crippen LogP) is 17.3. The van der Waals surface area contributed by atoms with Crippen LogP contribution in [-0.4, -0.2) is 37.2 Å². The smallest absolute Gasteiger partial charge is 0.306 e. The van der Waals surface area contributed by atoms with E-state index in [9.17, 15) is 14.4 Å². The fourth-order valence-electron chi connectivity index (χ4n) is 6.61. The fourth-order valence-corrected chi connectivity index (χ4v) is 6.61. The Balaban J connectivity index is 4.57. The number of rotatable bonds is 45. The largest absolute Gasteiger partial charge is 0.462 e. The molecule has 0 spiro atoms. The van der Waals surface area contributed by atoms with E-state index < -0.39 is 6.10 Å². The van der Waals surface area contributed by atoms with Crippen LogP contribution in [0, 0.1) is 0 Å². The topological polar surface area (TPSA) is 78.9 Å². The van der Waals surface area contributed by atoms with Gasteiger partial charge in [-0.2, -0.15) is 0 Å². The van der Waals surface area contributed by atoms with Crippen LogP contribution in [0.1, 0.15) is 213 Å². The number of unbranched alkanes of at least 4 members (excludes halogenated alkanes) is 17. The number of hydrogen-bond donors (Lipinski definition) is 0. The summed E-state index contributed by atoms with van der Waals surface area (Å²) in [6.07, 6.45) is 71.9. The molecule has 1 unspecified atom stereocenters. The van der Waals surface area contributed by atoms with Gasteiger partial charge in [-0.1, -0.05) is 213 Å². The molecule has 65 heavy (non-hydrogen) atoms. The van der Waals surface area contributed by atoms with E-state index in [1.807, 2.05) is 6.08 Å². The Morgan fingerprint density at radius 3 is 1.22 bits per heavy atom. The lowest BCUT2D eigenvalue weighted by atomic mass is 10.1. The third kappa shape index (κ3) is 50.7. The van der Waals surface area contributed by atoms with Crippen molar-refractivity contribution in [2.75, 3.05) is 13.2 Å². The van der Waals surface area contributed by atoms with Crippen LogP contribution in [0.3, 0.4) is 0 Å². The number of allylic oxidation sites excluding steroid dienone is 20. The molecule has 0 heterocycles. The van der Waals surface area contributed by atoms with Gasteiger partial charge in [0.2, 0.25) is 0 Å². The normalized spacial score (nSPS) is 13.1. The van der Waals surface area contributed by atoms with Crippen LogP contribution >= 0.6 is 0 Å². The quantitative estimate of drug-likeness (QED) is 0.0199. The molecule has 366 valence electrons. The first kappa shape index (κ1) is 60.8. The molecule has 0 amide bonds. The molecule has 6 heteroatoms. The minimum absolute atomic E-state index is 0.124. The lowest BCUT2D eigenvalue weighted by molar-refractivity contribution is -0.166. The maximum Gasteiger partial charge on any atom is 0.306 e. The second-order valence-corrected chi connectivity index (χ2v) is 16.8. The number of carbonyl (C=O) groups excluding carboxylic acids is 3. The average Bonchev–Trinajstić information content (AvgIpc) is 3.30. The minimum atomic E-state index is -0.830. The van der Waals surface area contributed by atoms with Gasteiger partial charge in [0, 0.05) is 19.3 Å². The zero-order chi connectivity index (χ0) is 47.2. The molecule has 0 bridgehead atoms. The summed E-state index contributed by atoms with van der Waals surface area (Å²) in [5, 5.41) is 0. The Kier molecular flexibility index (Phi) is 49.1. The molecular formula is C59H94O6. The van der Waals surface area contributed by atoms with Crippen molar-refractivity contribution in [2.45, 2.75) is 219 Å². The Labute approximate surface area is 399 Å². The van der Waals surface area contributed by atoms with Gasteiger partial charge in [0.15, 0.2) is 6.10 Å². The van der Waals surface area contributed by atoms with Crippen molar-refractivity contribution in [3.63, 3.8) is 0 Å². The highest BCUT2D eigenvalue weighted by Gasteiger charge is 2.19. The maximum atomic E-state index is 12.8. The van der Waals surface area contributed by atoms with E-state index in [-0.39, 0.29) is 44.0 Å². The van der Waals surface area contributed by atoms with Crippen LogP contribution in [0.5, 0.6) is 0 Å². The molecule has 0 saturated heterocycles. The van der Waals surface area contributed by atoms with Crippen molar-refractivity contribution in [1.82, 2.24) is 0 Å². The second-order valence-electron chi connectivity index (χ2n) is 16.8. The molecular weight excluding hydrogens is 805 g/mol. The molecule has 0 aliphatic carbocycles. The standard InChI is InChI=1S/C59H94O6/c1-4-7-10-13-16-19-22-25-27-29-30-32-34-37-40-43-46-49-52-58(61)64-55-56(54-63-57(60)51-48-45-42-39-36-33-24-21-18-15-12-9-6-3)65-59(62)53-50-47-44-41-38-35-31-28-26-23-20-17-14-11-8-5-2/h8,11,16-17,19-20,22,25-30,32-33,35-36,38,42,45,56H,4-7,9-10,12-15,18,21,23-24,31,34,37,39-41,43-44,46-55H2,1-3H3/b11-8+,19-16+,20-17+,25-22+,28-26+,29-27+,32-30+,36-33+,38-35+,45-42+. The highest BCUT2D eigenvalue weighted by Crippen LogP contribution is 2.12. The minimum Gasteiger partial charge on any atom is -0.462 e. The highest BCUT2D eigenvalue weighted by molar-refractivity contribution is 5.71. The summed E-state index contributed by atoms with van der Waals surface area (Å²) in [5.74, 6) is -1.05. The summed E-state index contributed by atoms with van der Waals surface area (Å²) >= 11 is 0. The van der Waals surface area contributed by atoms with Gasteiger partial charge < -0.3 is 14.2 Å². The molecule has 0 N–H and O–H groups in total. The zero-order valence-electron chi connectivity index (χ0n) is 41.7. The van der Waals surface area contributed by atoms with Gasteiger partial charge in [-0.15, -0.1) is 0 Å². The van der Waals surface area contributed by atoms with Crippen LogP contribution in [-0.2, 0) is 28.6 Å². The first-order chi connectivity index (χ1) is 32.0. The van der Waals surface area contributed by atoms with Gasteiger partial charge in [0.05, 0.1) is 0 Å². The van der Waals surface area contributed by atoms with E-state index in [2.05, 4.69) is 136 Å². The highest BCUT2D eigenvalue weighted by atomic mass is 16.6. The van der Waals surface area contributed by atoms with Crippen molar-refractivity contribution >= 4 is 17.9 Å². The first-order valence-corrected chi connectivity index (χ1v) is 26.1. The predicted molar refractivity (Wildman–Crippen MR) is 279 cm³/mol. The van der Waals surface area contributed by atoms with E-state index in [1.54, 1.807) is 0 Å². The lowest BCUT2D eigenvalue weighted by Gasteiger charge is -2.18. The van der Waals surface area contributed by atoms with Crippen LogP contribution in [0.2, 0.25) is 0 Å². The molecule has 0 rings (SSSR count). The zero-order valence-corrected chi connectivity index (χ0v) is 41.7. The lowest BCUT2D eigenvalue weighted by Crippen LogP contribution is -2.30. The van der Waals surface area contributed by atoms with Gasteiger partial charge in [-0.3, -0.25) is 14.4 Å². The summed E-state index contributed by atoms with van der Waals surface area (Å²) in [6, 6.07) is 0. The van der Waals surface area contributed by atoms with Crippen LogP contribution < -0.4 is 0 Å². The molecule has 0 saturated carbocycles. The van der Waals surface area contributed by atoms with Gasteiger partial charge in [-0.05, 0) is 103 Å². The summed E-state index contributed by atoms with van der Waals surface area (Å²) in [6.45, 7) is 6.36. The number of esters is 3. The Morgan fingerprint density at radius 2 is 0.692 bits per heavy atom. The molecule has 1 atom stereocenters. The maximum absolute atomic E-state index is 12.8. The van der Waals surface area contributed by atoms with Crippen molar-refractivity contribution in [3.8, 4) is 0 Å². The van der Waals surface area contributed by atoms with Crippen molar-refractivity contribution in [1.29, 1.82) is 0 Å². The van der Waals surface area contributed by atoms with E-state index in [0.29, 0.717) is 19.3 Å². The van der Waals surface area contributed by atoms with Gasteiger partial charge in [0.25, 0.3) is 0 Å². The Morgan fingerprint density at radius 1 is 0.338 bits per heavy atom. The number of ether oxygens (including phenoxy) is 3.